The number of hydrogen-bond donors (Lipinski definition) is 1. The molecule has 2 aromatic rings. The van der Waals surface area contributed by atoms with Crippen molar-refractivity contribution in [1.29, 1.82) is 0 Å². The molecule has 1 aromatic carbocycles. The monoisotopic (exact) mass is 317 g/mol. The Hall–Kier alpha value is -2.14. The molecule has 0 aliphatic rings. The van der Waals surface area contributed by atoms with Gasteiger partial charge in [0.05, 0.1) is 5.56 Å². The van der Waals surface area contributed by atoms with Gasteiger partial charge in [0.1, 0.15) is 0 Å². The fourth-order valence-electron chi connectivity index (χ4n) is 2.23. The number of anilines is 1. The zero-order valence-electron chi connectivity index (χ0n) is 13.1. The molecule has 1 aromatic heterocycles. The van der Waals surface area contributed by atoms with Crippen LogP contribution in [0.3, 0.4) is 0 Å². The molecule has 1 heterocycles. The Balaban J connectivity index is 1.96. The quantitative estimate of drug-likeness (QED) is 0.873. The van der Waals surface area contributed by atoms with Gasteiger partial charge in [0.25, 0.3) is 5.91 Å². The SMILES string of the molecule is Cc1cc(C(=O)OCC(=O)Nc2c(C)cccc2C)c(C)s1. The molecular weight excluding hydrogens is 298 g/mol. The molecule has 116 valence electrons. The molecule has 1 amide bonds. The molecule has 22 heavy (non-hydrogen) atoms. The number of aryl methyl sites for hydroxylation is 4. The molecule has 0 saturated carbocycles. The van der Waals surface area contributed by atoms with Crippen molar-refractivity contribution >= 4 is 28.9 Å². The Morgan fingerprint density at radius 2 is 1.77 bits per heavy atom. The second-order valence-corrected chi connectivity index (χ2v) is 6.68. The topological polar surface area (TPSA) is 55.4 Å². The molecule has 0 unspecified atom stereocenters. The van der Waals surface area contributed by atoms with E-state index in [9.17, 15) is 9.59 Å². The zero-order valence-corrected chi connectivity index (χ0v) is 14.0. The normalized spacial score (nSPS) is 10.4. The van der Waals surface area contributed by atoms with Crippen LogP contribution in [0.5, 0.6) is 0 Å². The smallest absolute Gasteiger partial charge is 0.339 e. The summed E-state index contributed by atoms with van der Waals surface area (Å²) in [5, 5.41) is 2.79. The van der Waals surface area contributed by atoms with Gasteiger partial charge in [0, 0.05) is 15.4 Å². The summed E-state index contributed by atoms with van der Waals surface area (Å²) in [6.45, 7) is 7.35. The second-order valence-electron chi connectivity index (χ2n) is 5.22. The number of carbonyl (C=O) groups excluding carboxylic acids is 2. The maximum absolute atomic E-state index is 12.0. The molecule has 0 fully saturated rings. The third kappa shape index (κ3) is 3.74. The van der Waals surface area contributed by atoms with E-state index in [2.05, 4.69) is 5.32 Å². The highest BCUT2D eigenvalue weighted by Crippen LogP contribution is 2.22. The third-order valence-electron chi connectivity index (χ3n) is 3.34. The van der Waals surface area contributed by atoms with Crippen molar-refractivity contribution in [2.24, 2.45) is 0 Å². The zero-order chi connectivity index (χ0) is 16.3. The van der Waals surface area contributed by atoms with E-state index < -0.39 is 5.97 Å². The highest BCUT2D eigenvalue weighted by atomic mass is 32.1. The van der Waals surface area contributed by atoms with Crippen molar-refractivity contribution in [2.45, 2.75) is 27.7 Å². The highest BCUT2D eigenvalue weighted by Gasteiger charge is 2.15. The fraction of sp³-hybridized carbons (Fsp3) is 0.294. The van der Waals surface area contributed by atoms with Gasteiger partial charge >= 0.3 is 5.97 Å². The Morgan fingerprint density at radius 3 is 2.32 bits per heavy atom. The summed E-state index contributed by atoms with van der Waals surface area (Å²) in [6, 6.07) is 7.56. The number of rotatable bonds is 4. The molecule has 5 heteroatoms. The number of carbonyl (C=O) groups is 2. The largest absolute Gasteiger partial charge is 0.452 e. The second kappa shape index (κ2) is 6.75. The lowest BCUT2D eigenvalue weighted by atomic mass is 10.1. The molecule has 1 N–H and O–H groups in total. The fourth-order valence-corrected chi connectivity index (χ4v) is 3.14. The first-order valence-corrected chi connectivity index (χ1v) is 7.80. The van der Waals surface area contributed by atoms with E-state index in [4.69, 9.17) is 4.74 Å². The number of para-hydroxylation sites is 1. The van der Waals surface area contributed by atoms with Crippen LogP contribution in [0, 0.1) is 27.7 Å². The van der Waals surface area contributed by atoms with Gasteiger partial charge < -0.3 is 10.1 Å². The van der Waals surface area contributed by atoms with E-state index in [1.54, 1.807) is 6.07 Å². The minimum Gasteiger partial charge on any atom is -0.452 e. The summed E-state index contributed by atoms with van der Waals surface area (Å²) in [5.41, 5.74) is 3.25. The third-order valence-corrected chi connectivity index (χ3v) is 4.31. The minimum absolute atomic E-state index is 0.291. The number of amides is 1. The first-order valence-electron chi connectivity index (χ1n) is 6.98. The van der Waals surface area contributed by atoms with Crippen molar-refractivity contribution in [2.75, 3.05) is 11.9 Å². The van der Waals surface area contributed by atoms with Crippen LogP contribution in [0.2, 0.25) is 0 Å². The van der Waals surface area contributed by atoms with E-state index in [1.807, 2.05) is 45.9 Å². The lowest BCUT2D eigenvalue weighted by molar-refractivity contribution is -0.119. The van der Waals surface area contributed by atoms with Gasteiger partial charge in [0.2, 0.25) is 0 Å². The van der Waals surface area contributed by atoms with Crippen molar-refractivity contribution < 1.29 is 14.3 Å². The molecule has 0 bridgehead atoms. The van der Waals surface area contributed by atoms with Crippen molar-refractivity contribution in [3.05, 3.63) is 50.7 Å². The predicted octanol–water partition coefficient (Wildman–Crippen LogP) is 3.78. The summed E-state index contributed by atoms with van der Waals surface area (Å²) in [4.78, 5) is 25.9. The van der Waals surface area contributed by atoms with Gasteiger partial charge in [-0.25, -0.2) is 4.79 Å². The summed E-state index contributed by atoms with van der Waals surface area (Å²) in [5.74, 6) is -0.797. The van der Waals surface area contributed by atoms with Gasteiger partial charge in [0.15, 0.2) is 6.61 Å². The van der Waals surface area contributed by atoms with Crippen LogP contribution in [0.15, 0.2) is 24.3 Å². The van der Waals surface area contributed by atoms with Gasteiger partial charge in [-0.3, -0.25) is 4.79 Å². The average molecular weight is 317 g/mol. The van der Waals surface area contributed by atoms with E-state index >= 15 is 0 Å². The van der Waals surface area contributed by atoms with Gasteiger partial charge in [-0.15, -0.1) is 11.3 Å². The van der Waals surface area contributed by atoms with Crippen LogP contribution in [-0.2, 0) is 9.53 Å². The Kier molecular flexibility index (Phi) is 4.98. The number of hydrogen-bond acceptors (Lipinski definition) is 4. The highest BCUT2D eigenvalue weighted by molar-refractivity contribution is 7.12. The van der Waals surface area contributed by atoms with Crippen molar-refractivity contribution in [1.82, 2.24) is 0 Å². The van der Waals surface area contributed by atoms with Crippen LogP contribution >= 0.6 is 11.3 Å². The molecule has 0 spiro atoms. The summed E-state index contributed by atoms with van der Waals surface area (Å²) < 4.78 is 5.09. The number of esters is 1. The Morgan fingerprint density at radius 1 is 1.14 bits per heavy atom. The van der Waals surface area contributed by atoms with Gasteiger partial charge in [-0.05, 0) is 44.9 Å². The number of ether oxygens (including phenoxy) is 1. The number of nitrogens with one attached hydrogen (secondary N) is 1. The van der Waals surface area contributed by atoms with Crippen LogP contribution in [0.1, 0.15) is 31.2 Å². The van der Waals surface area contributed by atoms with Crippen LogP contribution in [0.4, 0.5) is 5.69 Å². The Labute approximate surface area is 134 Å². The molecule has 0 aliphatic heterocycles. The van der Waals surface area contributed by atoms with Gasteiger partial charge in [-0.1, -0.05) is 18.2 Å². The maximum atomic E-state index is 12.0. The van der Waals surface area contributed by atoms with Gasteiger partial charge in [-0.2, -0.15) is 0 Å². The molecule has 0 radical (unpaired) electrons. The van der Waals surface area contributed by atoms with E-state index in [0.29, 0.717) is 5.56 Å². The summed E-state index contributed by atoms with van der Waals surface area (Å²) in [7, 11) is 0. The first kappa shape index (κ1) is 16.2. The van der Waals surface area contributed by atoms with E-state index in [-0.39, 0.29) is 12.5 Å². The molecule has 2 rings (SSSR count). The lowest BCUT2D eigenvalue weighted by Gasteiger charge is -2.11. The number of benzene rings is 1. The molecular formula is C17H19NO3S. The van der Waals surface area contributed by atoms with Crippen molar-refractivity contribution in [3.63, 3.8) is 0 Å². The number of thiophene rings is 1. The molecule has 4 nitrogen and oxygen atoms in total. The van der Waals surface area contributed by atoms with Crippen LogP contribution < -0.4 is 5.32 Å². The van der Waals surface area contributed by atoms with Crippen molar-refractivity contribution in [3.8, 4) is 0 Å². The van der Waals surface area contributed by atoms with E-state index in [1.165, 1.54) is 11.3 Å². The predicted molar refractivity (Wildman–Crippen MR) is 88.6 cm³/mol. The average Bonchev–Trinajstić information content (AvgIpc) is 2.79. The van der Waals surface area contributed by atoms with E-state index in [0.717, 1.165) is 26.6 Å². The minimum atomic E-state index is -0.460. The summed E-state index contributed by atoms with van der Waals surface area (Å²) >= 11 is 1.54. The molecule has 0 saturated heterocycles. The first-order chi connectivity index (χ1) is 10.4. The molecule has 0 atom stereocenters. The Bertz CT molecular complexity index is 698. The van der Waals surface area contributed by atoms with Crippen LogP contribution in [0.25, 0.3) is 0 Å². The lowest BCUT2D eigenvalue weighted by Crippen LogP contribution is -2.21. The van der Waals surface area contributed by atoms with Crippen LogP contribution in [-0.4, -0.2) is 18.5 Å². The maximum Gasteiger partial charge on any atom is 0.339 e. The molecule has 0 aliphatic carbocycles. The standard InChI is InChI=1S/C17H19NO3S/c1-10-6-5-7-11(2)16(10)18-15(19)9-21-17(20)14-8-12(3)22-13(14)4/h5-8H,9H2,1-4H3,(H,18,19). The summed E-state index contributed by atoms with van der Waals surface area (Å²) in [6.07, 6.45) is 0.